The van der Waals surface area contributed by atoms with Gasteiger partial charge in [0.2, 0.25) is 0 Å². The number of benzene rings is 1. The maximum absolute atomic E-state index is 5.67. The Morgan fingerprint density at radius 1 is 1.15 bits per heavy atom. The van der Waals surface area contributed by atoms with Gasteiger partial charge in [0.25, 0.3) is 0 Å². The first-order valence-electron chi connectivity index (χ1n) is 8.04. The van der Waals surface area contributed by atoms with Crippen molar-refractivity contribution in [1.29, 1.82) is 0 Å². The number of halogens is 1. The van der Waals surface area contributed by atoms with Crippen molar-refractivity contribution in [3.05, 3.63) is 28.2 Å². The van der Waals surface area contributed by atoms with Gasteiger partial charge in [0, 0.05) is 22.7 Å². The summed E-state index contributed by atoms with van der Waals surface area (Å²) in [4.78, 5) is 2.67. The molecule has 2 N–H and O–H groups in total. The van der Waals surface area contributed by atoms with E-state index in [-0.39, 0.29) is 0 Å². The molecule has 0 bridgehead atoms. The van der Waals surface area contributed by atoms with Crippen molar-refractivity contribution in [3.63, 3.8) is 0 Å². The summed E-state index contributed by atoms with van der Waals surface area (Å²) in [6, 6.07) is 7.64. The molecule has 1 saturated carbocycles. The molecule has 0 spiro atoms. The Labute approximate surface area is 130 Å². The summed E-state index contributed by atoms with van der Waals surface area (Å²) in [6.07, 6.45) is 9.41. The van der Waals surface area contributed by atoms with Crippen LogP contribution in [0.15, 0.2) is 22.7 Å². The smallest absolute Gasteiger partial charge is 0.0380 e. The van der Waals surface area contributed by atoms with Crippen molar-refractivity contribution < 1.29 is 0 Å². The number of nitrogens with zero attached hydrogens (tertiary/aromatic N) is 1. The molecule has 1 aliphatic carbocycles. The minimum Gasteiger partial charge on any atom is -0.368 e. The molecule has 1 aromatic carbocycles. The maximum Gasteiger partial charge on any atom is 0.0380 e. The number of hydrogen-bond donors (Lipinski definition) is 1. The first-order valence-corrected chi connectivity index (χ1v) is 8.84. The third-order valence-corrected chi connectivity index (χ3v) is 5.76. The molecular weight excluding hydrogens is 312 g/mol. The van der Waals surface area contributed by atoms with E-state index < -0.39 is 0 Å². The predicted octanol–water partition coefficient (Wildman–Crippen LogP) is 4.11. The Kier molecular flexibility index (Phi) is 4.67. The molecule has 3 heteroatoms. The zero-order valence-electron chi connectivity index (χ0n) is 12.2. The fourth-order valence-corrected chi connectivity index (χ4v) is 4.58. The van der Waals surface area contributed by atoms with Crippen molar-refractivity contribution in [2.45, 2.75) is 51.0 Å². The minimum absolute atomic E-state index is 0.715. The number of piperidine rings is 1. The predicted molar refractivity (Wildman–Crippen MR) is 89.2 cm³/mol. The second-order valence-corrected chi connectivity index (χ2v) is 7.12. The van der Waals surface area contributed by atoms with Gasteiger partial charge in [-0.2, -0.15) is 0 Å². The standard InChI is InChI=1S/C17H25BrN2/c18-16-12-15(8-7-13(16)9-10-19)20-11-3-5-14-4-1-2-6-17(14)20/h7-8,12,14,17H,1-6,9-11,19H2. The molecule has 3 rings (SSSR count). The SMILES string of the molecule is NCCc1ccc(N2CCCC3CCCCC32)cc1Br. The highest BCUT2D eigenvalue weighted by Crippen LogP contribution is 2.38. The van der Waals surface area contributed by atoms with E-state index in [0.29, 0.717) is 6.54 Å². The highest BCUT2D eigenvalue weighted by molar-refractivity contribution is 9.10. The summed E-state index contributed by atoms with van der Waals surface area (Å²) in [5.41, 5.74) is 8.39. The van der Waals surface area contributed by atoms with Crippen molar-refractivity contribution >= 4 is 21.6 Å². The van der Waals surface area contributed by atoms with Gasteiger partial charge in [-0.15, -0.1) is 0 Å². The van der Waals surface area contributed by atoms with Gasteiger partial charge < -0.3 is 10.6 Å². The fraction of sp³-hybridized carbons (Fsp3) is 0.647. The summed E-state index contributed by atoms with van der Waals surface area (Å²) >= 11 is 3.72. The van der Waals surface area contributed by atoms with E-state index in [1.165, 1.54) is 60.8 Å². The van der Waals surface area contributed by atoms with Gasteiger partial charge in [-0.1, -0.05) is 34.8 Å². The molecule has 1 saturated heterocycles. The summed E-state index contributed by atoms with van der Waals surface area (Å²) < 4.78 is 1.22. The topological polar surface area (TPSA) is 29.3 Å². The summed E-state index contributed by atoms with van der Waals surface area (Å²) in [5.74, 6) is 0.931. The van der Waals surface area contributed by atoms with Crippen LogP contribution >= 0.6 is 15.9 Å². The van der Waals surface area contributed by atoms with Crippen molar-refractivity contribution in [1.82, 2.24) is 0 Å². The summed E-state index contributed by atoms with van der Waals surface area (Å²) in [5, 5.41) is 0. The van der Waals surface area contributed by atoms with Crippen LogP contribution in [0.3, 0.4) is 0 Å². The van der Waals surface area contributed by atoms with Crippen LogP contribution in [0.25, 0.3) is 0 Å². The number of rotatable bonds is 3. The van der Waals surface area contributed by atoms with Crippen LogP contribution in [0.2, 0.25) is 0 Å². The fourth-order valence-electron chi connectivity index (χ4n) is 4.02. The largest absolute Gasteiger partial charge is 0.368 e. The van der Waals surface area contributed by atoms with Crippen LogP contribution < -0.4 is 10.6 Å². The van der Waals surface area contributed by atoms with Crippen molar-refractivity contribution in [2.75, 3.05) is 18.0 Å². The molecule has 1 heterocycles. The van der Waals surface area contributed by atoms with Gasteiger partial charge in [0.15, 0.2) is 0 Å². The summed E-state index contributed by atoms with van der Waals surface area (Å²) in [6.45, 7) is 1.94. The van der Waals surface area contributed by atoms with E-state index in [1.54, 1.807) is 0 Å². The van der Waals surface area contributed by atoms with Gasteiger partial charge in [0.1, 0.15) is 0 Å². The van der Waals surface area contributed by atoms with Gasteiger partial charge in [-0.05, 0) is 62.3 Å². The molecule has 1 aliphatic heterocycles. The Morgan fingerprint density at radius 3 is 2.75 bits per heavy atom. The number of fused-ring (bicyclic) bond motifs is 1. The summed E-state index contributed by atoms with van der Waals surface area (Å²) in [7, 11) is 0. The Hall–Kier alpha value is -0.540. The van der Waals surface area contributed by atoms with E-state index in [1.807, 2.05) is 0 Å². The lowest BCUT2D eigenvalue weighted by Crippen LogP contribution is -2.46. The van der Waals surface area contributed by atoms with E-state index in [4.69, 9.17) is 5.73 Å². The number of hydrogen-bond acceptors (Lipinski definition) is 2. The molecule has 1 aromatic rings. The molecular formula is C17H25BrN2. The molecule has 110 valence electrons. The first-order chi connectivity index (χ1) is 9.79. The highest BCUT2D eigenvalue weighted by Gasteiger charge is 2.33. The van der Waals surface area contributed by atoms with E-state index in [2.05, 4.69) is 39.0 Å². The second kappa shape index (κ2) is 6.48. The zero-order valence-corrected chi connectivity index (χ0v) is 13.7. The van der Waals surface area contributed by atoms with Crippen LogP contribution in [-0.2, 0) is 6.42 Å². The van der Waals surface area contributed by atoms with Crippen molar-refractivity contribution in [2.24, 2.45) is 11.7 Å². The minimum atomic E-state index is 0.715. The van der Waals surface area contributed by atoms with Crippen LogP contribution in [0.4, 0.5) is 5.69 Å². The Balaban J connectivity index is 1.82. The zero-order chi connectivity index (χ0) is 13.9. The molecule has 0 amide bonds. The monoisotopic (exact) mass is 336 g/mol. The van der Waals surface area contributed by atoms with Gasteiger partial charge >= 0.3 is 0 Å². The van der Waals surface area contributed by atoms with E-state index in [0.717, 1.165) is 18.4 Å². The molecule has 2 aliphatic rings. The third kappa shape index (κ3) is 2.89. The van der Waals surface area contributed by atoms with Gasteiger partial charge in [-0.3, -0.25) is 0 Å². The molecule has 2 nitrogen and oxygen atoms in total. The lowest BCUT2D eigenvalue weighted by molar-refractivity contribution is 0.244. The van der Waals surface area contributed by atoms with Gasteiger partial charge in [0.05, 0.1) is 0 Å². The first kappa shape index (κ1) is 14.4. The lowest BCUT2D eigenvalue weighted by atomic mass is 9.78. The lowest BCUT2D eigenvalue weighted by Gasteiger charge is -2.45. The maximum atomic E-state index is 5.67. The number of nitrogens with two attached hydrogens (primary N) is 1. The second-order valence-electron chi connectivity index (χ2n) is 6.26. The quantitative estimate of drug-likeness (QED) is 0.899. The van der Waals surface area contributed by atoms with Gasteiger partial charge in [-0.25, -0.2) is 0 Å². The normalized spacial score (nSPS) is 26.4. The van der Waals surface area contributed by atoms with Crippen LogP contribution in [0.5, 0.6) is 0 Å². The molecule has 0 aromatic heterocycles. The average molecular weight is 337 g/mol. The third-order valence-electron chi connectivity index (χ3n) is 5.03. The van der Waals surface area contributed by atoms with Crippen LogP contribution in [0.1, 0.15) is 44.1 Å². The highest BCUT2D eigenvalue weighted by atomic mass is 79.9. The van der Waals surface area contributed by atoms with Crippen molar-refractivity contribution in [3.8, 4) is 0 Å². The molecule has 2 unspecified atom stereocenters. The molecule has 20 heavy (non-hydrogen) atoms. The Morgan fingerprint density at radius 2 is 1.95 bits per heavy atom. The van der Waals surface area contributed by atoms with Crippen LogP contribution in [-0.4, -0.2) is 19.1 Å². The number of anilines is 1. The van der Waals surface area contributed by atoms with E-state index >= 15 is 0 Å². The molecule has 2 atom stereocenters. The average Bonchev–Trinajstić information content (AvgIpc) is 2.49. The molecule has 2 fully saturated rings. The van der Waals surface area contributed by atoms with E-state index in [9.17, 15) is 0 Å². The Bertz CT molecular complexity index is 458. The molecule has 0 radical (unpaired) electrons. The van der Waals surface area contributed by atoms with Crippen LogP contribution in [0, 0.1) is 5.92 Å².